The molecular formula is C17H19N3OS2. The topological polar surface area (TPSA) is 47.8 Å². The number of hydrogen-bond donors (Lipinski definition) is 0. The van der Waals surface area contributed by atoms with Gasteiger partial charge in [-0.2, -0.15) is 0 Å². The van der Waals surface area contributed by atoms with E-state index in [1.165, 1.54) is 0 Å². The summed E-state index contributed by atoms with van der Waals surface area (Å²) in [6, 6.07) is 7.54. The molecule has 0 aliphatic carbocycles. The van der Waals surface area contributed by atoms with Gasteiger partial charge in [-0.3, -0.25) is 9.36 Å². The predicted molar refractivity (Wildman–Crippen MR) is 97.3 cm³/mol. The van der Waals surface area contributed by atoms with Crippen molar-refractivity contribution in [2.75, 3.05) is 0 Å². The van der Waals surface area contributed by atoms with E-state index in [2.05, 4.69) is 24.2 Å². The van der Waals surface area contributed by atoms with Gasteiger partial charge in [0.25, 0.3) is 5.56 Å². The van der Waals surface area contributed by atoms with Gasteiger partial charge in [0.15, 0.2) is 5.16 Å². The molecule has 1 aromatic carbocycles. The van der Waals surface area contributed by atoms with Gasteiger partial charge in [-0.15, -0.1) is 11.3 Å². The van der Waals surface area contributed by atoms with Gasteiger partial charge in [0.1, 0.15) is 0 Å². The van der Waals surface area contributed by atoms with Crippen LogP contribution in [0.5, 0.6) is 0 Å². The highest BCUT2D eigenvalue weighted by atomic mass is 32.2. The van der Waals surface area contributed by atoms with E-state index in [1.807, 2.05) is 31.2 Å². The molecule has 0 unspecified atom stereocenters. The number of nitrogens with zero attached hydrogens (tertiary/aromatic N) is 3. The average molecular weight is 345 g/mol. The van der Waals surface area contributed by atoms with E-state index < -0.39 is 0 Å². The van der Waals surface area contributed by atoms with Crippen LogP contribution in [0.2, 0.25) is 0 Å². The summed E-state index contributed by atoms with van der Waals surface area (Å²) in [5.74, 6) is 1.12. The van der Waals surface area contributed by atoms with Gasteiger partial charge < -0.3 is 0 Å². The van der Waals surface area contributed by atoms with Gasteiger partial charge in [-0.1, -0.05) is 37.7 Å². The largest absolute Gasteiger partial charge is 0.287 e. The highest BCUT2D eigenvalue weighted by molar-refractivity contribution is 7.98. The number of para-hydroxylation sites is 1. The Balaban J connectivity index is 2.00. The molecule has 0 bridgehead atoms. The highest BCUT2D eigenvalue weighted by Crippen LogP contribution is 2.23. The highest BCUT2D eigenvalue weighted by Gasteiger charge is 2.13. The summed E-state index contributed by atoms with van der Waals surface area (Å²) in [6.07, 6.45) is 0. The van der Waals surface area contributed by atoms with Crippen LogP contribution in [0, 0.1) is 12.8 Å². The summed E-state index contributed by atoms with van der Waals surface area (Å²) in [7, 11) is 0. The molecule has 0 saturated carbocycles. The minimum absolute atomic E-state index is 0.0428. The molecule has 0 amide bonds. The van der Waals surface area contributed by atoms with E-state index in [-0.39, 0.29) is 5.56 Å². The van der Waals surface area contributed by atoms with Crippen LogP contribution in [-0.2, 0) is 12.3 Å². The minimum Gasteiger partial charge on any atom is -0.287 e. The molecule has 0 N–H and O–H groups in total. The first-order valence-electron chi connectivity index (χ1n) is 7.58. The van der Waals surface area contributed by atoms with Gasteiger partial charge in [-0.05, 0) is 25.0 Å². The number of aryl methyl sites for hydroxylation is 1. The zero-order chi connectivity index (χ0) is 16.4. The van der Waals surface area contributed by atoms with Gasteiger partial charge in [0, 0.05) is 17.7 Å². The number of thioether (sulfide) groups is 1. The van der Waals surface area contributed by atoms with Crippen LogP contribution in [0.1, 0.15) is 24.5 Å². The Morgan fingerprint density at radius 1 is 1.26 bits per heavy atom. The first-order valence-corrected chi connectivity index (χ1v) is 9.44. The molecule has 2 heterocycles. The lowest BCUT2D eigenvalue weighted by atomic mass is 10.2. The van der Waals surface area contributed by atoms with Crippen LogP contribution >= 0.6 is 23.1 Å². The van der Waals surface area contributed by atoms with Gasteiger partial charge >= 0.3 is 0 Å². The fraction of sp³-hybridized carbons (Fsp3) is 0.353. The van der Waals surface area contributed by atoms with Gasteiger partial charge in [-0.25, -0.2) is 9.97 Å². The zero-order valence-electron chi connectivity index (χ0n) is 13.4. The summed E-state index contributed by atoms with van der Waals surface area (Å²) in [6.45, 7) is 6.90. The van der Waals surface area contributed by atoms with Gasteiger partial charge in [0.2, 0.25) is 0 Å². The Kier molecular flexibility index (Phi) is 4.82. The Morgan fingerprint density at radius 2 is 2.04 bits per heavy atom. The van der Waals surface area contributed by atoms with Crippen molar-refractivity contribution in [3.8, 4) is 0 Å². The molecule has 0 saturated heterocycles. The Labute approximate surface area is 143 Å². The summed E-state index contributed by atoms with van der Waals surface area (Å²) in [5, 5.41) is 4.58. The van der Waals surface area contributed by atoms with Crippen molar-refractivity contribution >= 4 is 34.0 Å². The van der Waals surface area contributed by atoms with E-state index in [1.54, 1.807) is 27.7 Å². The molecular weight excluding hydrogens is 326 g/mol. The Hall–Kier alpha value is -1.66. The fourth-order valence-corrected chi connectivity index (χ4v) is 4.02. The summed E-state index contributed by atoms with van der Waals surface area (Å²) < 4.78 is 1.80. The van der Waals surface area contributed by atoms with E-state index in [0.29, 0.717) is 17.8 Å². The number of fused-ring (bicyclic) bond motifs is 1. The lowest BCUT2D eigenvalue weighted by Crippen LogP contribution is -2.25. The minimum atomic E-state index is 0.0428. The normalized spacial score (nSPS) is 11.5. The second kappa shape index (κ2) is 6.84. The van der Waals surface area contributed by atoms with Crippen LogP contribution in [0.4, 0.5) is 0 Å². The third kappa shape index (κ3) is 3.64. The number of thiazole rings is 1. The van der Waals surface area contributed by atoms with Crippen molar-refractivity contribution in [2.24, 2.45) is 5.92 Å². The number of hydrogen-bond acceptors (Lipinski definition) is 5. The van der Waals surface area contributed by atoms with E-state index in [0.717, 1.165) is 27.1 Å². The molecule has 0 aliphatic rings. The molecule has 0 spiro atoms. The van der Waals surface area contributed by atoms with E-state index >= 15 is 0 Å². The van der Waals surface area contributed by atoms with Crippen LogP contribution < -0.4 is 5.56 Å². The molecule has 23 heavy (non-hydrogen) atoms. The van der Waals surface area contributed by atoms with Crippen molar-refractivity contribution in [3.63, 3.8) is 0 Å². The standard InChI is InChI=1S/C17H19N3OS2/c1-11(2)8-20-16(21)14-6-4-5-7-15(14)19-17(20)23-10-13-9-22-12(3)18-13/h4-7,9,11H,8,10H2,1-3H3. The average Bonchev–Trinajstić information content (AvgIpc) is 2.94. The van der Waals surface area contributed by atoms with Crippen molar-refractivity contribution < 1.29 is 0 Å². The van der Waals surface area contributed by atoms with Crippen molar-refractivity contribution in [1.82, 2.24) is 14.5 Å². The quantitative estimate of drug-likeness (QED) is 0.516. The molecule has 0 atom stereocenters. The van der Waals surface area contributed by atoms with Crippen molar-refractivity contribution in [3.05, 3.63) is 50.7 Å². The Bertz CT molecular complexity index is 883. The lowest BCUT2D eigenvalue weighted by Gasteiger charge is -2.14. The third-order valence-corrected chi connectivity index (χ3v) is 5.22. The molecule has 0 fully saturated rings. The maximum absolute atomic E-state index is 12.8. The van der Waals surface area contributed by atoms with Crippen molar-refractivity contribution in [2.45, 2.75) is 38.2 Å². The fourth-order valence-electron chi connectivity index (χ4n) is 2.40. The van der Waals surface area contributed by atoms with E-state index in [4.69, 9.17) is 4.98 Å². The zero-order valence-corrected chi connectivity index (χ0v) is 15.1. The van der Waals surface area contributed by atoms with Gasteiger partial charge in [0.05, 0.1) is 21.6 Å². The Morgan fingerprint density at radius 3 is 2.74 bits per heavy atom. The van der Waals surface area contributed by atoms with Crippen LogP contribution in [0.25, 0.3) is 10.9 Å². The SMILES string of the molecule is Cc1nc(CSc2nc3ccccc3c(=O)n2CC(C)C)cs1. The lowest BCUT2D eigenvalue weighted by molar-refractivity contribution is 0.475. The van der Waals surface area contributed by atoms with E-state index in [9.17, 15) is 4.79 Å². The predicted octanol–water partition coefficient (Wildman–Crippen LogP) is 4.11. The van der Waals surface area contributed by atoms with Crippen molar-refractivity contribution in [1.29, 1.82) is 0 Å². The molecule has 0 aliphatic heterocycles. The number of aromatic nitrogens is 3. The summed E-state index contributed by atoms with van der Waals surface area (Å²) in [4.78, 5) is 22.0. The molecule has 6 heteroatoms. The molecule has 0 radical (unpaired) electrons. The second-order valence-electron chi connectivity index (χ2n) is 5.87. The smallest absolute Gasteiger partial charge is 0.262 e. The maximum atomic E-state index is 12.8. The second-order valence-corrected chi connectivity index (χ2v) is 7.87. The van der Waals surface area contributed by atoms with Crippen LogP contribution in [0.15, 0.2) is 39.6 Å². The van der Waals surface area contributed by atoms with Crippen LogP contribution in [0.3, 0.4) is 0 Å². The molecule has 3 aromatic rings. The van der Waals surface area contributed by atoms with Crippen LogP contribution in [-0.4, -0.2) is 14.5 Å². The summed E-state index contributed by atoms with van der Waals surface area (Å²) in [5.41, 5.74) is 1.84. The molecule has 120 valence electrons. The monoisotopic (exact) mass is 345 g/mol. The maximum Gasteiger partial charge on any atom is 0.262 e. The molecule has 2 aromatic heterocycles. The summed E-state index contributed by atoms with van der Waals surface area (Å²) >= 11 is 3.23. The molecule has 4 nitrogen and oxygen atoms in total. The first kappa shape index (κ1) is 16.2. The number of rotatable bonds is 5. The first-order chi connectivity index (χ1) is 11.0. The third-order valence-electron chi connectivity index (χ3n) is 3.39. The number of benzene rings is 1. The molecule has 3 rings (SSSR count).